The summed E-state index contributed by atoms with van der Waals surface area (Å²) in [6.45, 7) is 4.08. The molecule has 5 aromatic heterocycles. The topological polar surface area (TPSA) is 91.2 Å². The van der Waals surface area contributed by atoms with E-state index >= 15 is 0 Å². The van der Waals surface area contributed by atoms with Gasteiger partial charge in [-0.3, -0.25) is 14.6 Å². The number of piperidine rings is 1. The maximum absolute atomic E-state index is 9.73. The Bertz CT molecular complexity index is 1790. The zero-order chi connectivity index (χ0) is 27.4. The van der Waals surface area contributed by atoms with Crippen LogP contribution in [0.1, 0.15) is 36.2 Å². The van der Waals surface area contributed by atoms with Crippen molar-refractivity contribution in [2.75, 3.05) is 18.0 Å². The molecule has 9 heteroatoms. The first-order valence-corrected chi connectivity index (χ1v) is 13.3. The predicted molar refractivity (Wildman–Crippen MR) is 152 cm³/mol. The van der Waals surface area contributed by atoms with Crippen LogP contribution in [0.2, 0.25) is 0 Å². The van der Waals surface area contributed by atoms with Gasteiger partial charge in [0.1, 0.15) is 11.9 Å². The minimum absolute atomic E-state index is 0.243. The lowest BCUT2D eigenvalue weighted by Crippen LogP contribution is -2.69. The van der Waals surface area contributed by atoms with E-state index in [9.17, 15) is 5.26 Å². The van der Waals surface area contributed by atoms with Crippen molar-refractivity contribution in [3.05, 3.63) is 84.3 Å². The number of rotatable bonds is 5. The number of nitrogens with zero attached hydrogens (tertiary/aromatic N) is 9. The Morgan fingerprint density at radius 3 is 2.45 bits per heavy atom. The largest absolute Gasteiger partial charge is 0.353 e. The standard InChI is InChI=1S/C31H27N9/c1-4-21-5-7-29(33-12-21)20(2)40-26-10-27(40)19-38(18-26)30-8-6-22(13-34-30)28-9-23(25-15-35-37(3)16-25)17-39-31(28)24(11-32)14-36-39/h1,5-9,12-17,20,26-27H,10,18-19H2,2-3H3. The molecular formula is C31H27N9. The van der Waals surface area contributed by atoms with Gasteiger partial charge in [-0.1, -0.05) is 5.92 Å². The monoisotopic (exact) mass is 525 g/mol. The third-order valence-corrected chi connectivity index (χ3v) is 8.23. The van der Waals surface area contributed by atoms with Gasteiger partial charge in [0, 0.05) is 90.9 Å². The van der Waals surface area contributed by atoms with Crippen molar-refractivity contribution >= 4 is 11.3 Å². The van der Waals surface area contributed by atoms with Crippen molar-refractivity contribution in [1.29, 1.82) is 5.26 Å². The van der Waals surface area contributed by atoms with Gasteiger partial charge >= 0.3 is 0 Å². The molecule has 196 valence electrons. The third-order valence-electron chi connectivity index (χ3n) is 8.23. The summed E-state index contributed by atoms with van der Waals surface area (Å²) in [4.78, 5) is 14.4. The molecule has 9 nitrogen and oxygen atoms in total. The third kappa shape index (κ3) is 3.91. The number of fused-ring (bicyclic) bond motifs is 3. The molecule has 0 N–H and O–H groups in total. The number of aromatic nitrogens is 6. The molecule has 0 amide bonds. The Hall–Kier alpha value is -4.99. The van der Waals surface area contributed by atoms with Gasteiger partial charge in [-0.25, -0.2) is 9.50 Å². The molecule has 0 aliphatic carbocycles. The van der Waals surface area contributed by atoms with Crippen molar-refractivity contribution < 1.29 is 0 Å². The predicted octanol–water partition coefficient (Wildman–Crippen LogP) is 4.07. The van der Waals surface area contributed by atoms with Crippen LogP contribution in [0, 0.1) is 23.7 Å². The molecule has 0 saturated carbocycles. The minimum atomic E-state index is 0.243. The lowest BCUT2D eigenvalue weighted by atomic mass is 9.85. The fraction of sp³-hybridized carbons (Fsp3) is 0.258. The molecule has 40 heavy (non-hydrogen) atoms. The lowest BCUT2D eigenvalue weighted by Gasteiger charge is -2.58. The van der Waals surface area contributed by atoms with E-state index in [0.29, 0.717) is 17.6 Å². The van der Waals surface area contributed by atoms with Crippen LogP contribution < -0.4 is 4.90 Å². The second-order valence-corrected chi connectivity index (χ2v) is 10.6. The molecule has 0 radical (unpaired) electrons. The number of nitriles is 1. The summed E-state index contributed by atoms with van der Waals surface area (Å²) in [6.07, 6.45) is 17.7. The molecule has 8 heterocycles. The van der Waals surface area contributed by atoms with Crippen LogP contribution in [0.3, 0.4) is 0 Å². The smallest absolute Gasteiger partial charge is 0.128 e. The van der Waals surface area contributed by atoms with E-state index in [2.05, 4.69) is 62.1 Å². The molecule has 0 spiro atoms. The van der Waals surface area contributed by atoms with Crippen LogP contribution in [0.5, 0.6) is 0 Å². The number of aryl methyl sites for hydroxylation is 1. The van der Waals surface area contributed by atoms with Crippen molar-refractivity contribution in [2.45, 2.75) is 31.5 Å². The molecule has 3 saturated heterocycles. The van der Waals surface area contributed by atoms with Crippen molar-refractivity contribution in [3.63, 3.8) is 0 Å². The van der Waals surface area contributed by atoms with Crippen molar-refractivity contribution in [2.24, 2.45) is 7.05 Å². The maximum atomic E-state index is 9.73. The Labute approximate surface area is 232 Å². The fourth-order valence-electron chi connectivity index (χ4n) is 6.23. The number of pyridine rings is 3. The normalized spacial score (nSPS) is 19.1. The minimum Gasteiger partial charge on any atom is -0.353 e. The van der Waals surface area contributed by atoms with Gasteiger partial charge < -0.3 is 4.90 Å². The lowest BCUT2D eigenvalue weighted by molar-refractivity contribution is -0.0356. The number of piperazine rings is 1. The van der Waals surface area contributed by atoms with Crippen LogP contribution in [-0.2, 0) is 7.05 Å². The van der Waals surface area contributed by atoms with E-state index < -0.39 is 0 Å². The average molecular weight is 526 g/mol. The second kappa shape index (κ2) is 9.33. The van der Waals surface area contributed by atoms with Gasteiger partial charge in [-0.15, -0.1) is 6.42 Å². The molecule has 2 bridgehead atoms. The van der Waals surface area contributed by atoms with Crippen LogP contribution in [0.25, 0.3) is 27.8 Å². The summed E-state index contributed by atoms with van der Waals surface area (Å²) < 4.78 is 3.54. The molecule has 5 aromatic rings. The number of terminal acetylenes is 1. The number of hydrogen-bond donors (Lipinski definition) is 0. The van der Waals surface area contributed by atoms with Gasteiger partial charge in [-0.2, -0.15) is 15.5 Å². The molecule has 3 aliphatic rings. The van der Waals surface area contributed by atoms with E-state index in [1.165, 1.54) is 6.42 Å². The molecule has 0 aromatic carbocycles. The van der Waals surface area contributed by atoms with E-state index in [1.54, 1.807) is 21.6 Å². The zero-order valence-corrected chi connectivity index (χ0v) is 22.3. The van der Waals surface area contributed by atoms with Gasteiger partial charge in [0.15, 0.2) is 0 Å². The average Bonchev–Trinajstić information content (AvgIpc) is 3.62. The summed E-state index contributed by atoms with van der Waals surface area (Å²) in [5.74, 6) is 3.61. The van der Waals surface area contributed by atoms with Crippen LogP contribution >= 0.6 is 0 Å². The number of anilines is 1. The van der Waals surface area contributed by atoms with Gasteiger partial charge in [-0.05, 0) is 43.7 Å². The second-order valence-electron chi connectivity index (χ2n) is 10.6. The summed E-state index contributed by atoms with van der Waals surface area (Å²) in [5, 5.41) is 18.5. The van der Waals surface area contributed by atoms with Crippen molar-refractivity contribution in [3.8, 4) is 40.7 Å². The molecule has 3 aliphatic heterocycles. The van der Waals surface area contributed by atoms with Crippen LogP contribution in [0.15, 0.2) is 67.5 Å². The van der Waals surface area contributed by atoms with Crippen molar-refractivity contribution in [1.82, 2.24) is 34.3 Å². The van der Waals surface area contributed by atoms with E-state index in [-0.39, 0.29) is 6.04 Å². The Kier molecular flexibility index (Phi) is 5.62. The summed E-state index contributed by atoms with van der Waals surface area (Å²) in [5.41, 5.74) is 6.99. The quantitative estimate of drug-likeness (QED) is 0.320. The van der Waals surface area contributed by atoms with Gasteiger partial charge in [0.05, 0.1) is 29.2 Å². The Morgan fingerprint density at radius 1 is 0.950 bits per heavy atom. The van der Waals surface area contributed by atoms with E-state index in [1.807, 2.05) is 44.0 Å². The molecule has 3 unspecified atom stereocenters. The maximum Gasteiger partial charge on any atom is 0.128 e. The highest BCUT2D eigenvalue weighted by Crippen LogP contribution is 2.40. The van der Waals surface area contributed by atoms with E-state index in [0.717, 1.165) is 57.9 Å². The van der Waals surface area contributed by atoms with E-state index in [4.69, 9.17) is 11.4 Å². The first-order valence-electron chi connectivity index (χ1n) is 13.3. The van der Waals surface area contributed by atoms with Crippen LogP contribution in [-0.4, -0.2) is 59.4 Å². The highest BCUT2D eigenvalue weighted by molar-refractivity contribution is 5.87. The van der Waals surface area contributed by atoms with Gasteiger partial charge in [0.2, 0.25) is 0 Å². The molecular weight excluding hydrogens is 498 g/mol. The molecule has 8 rings (SSSR count). The molecule has 3 atom stereocenters. The number of hydrogen-bond acceptors (Lipinski definition) is 7. The summed E-state index contributed by atoms with van der Waals surface area (Å²) >= 11 is 0. The summed E-state index contributed by atoms with van der Waals surface area (Å²) in [7, 11) is 1.89. The highest BCUT2D eigenvalue weighted by Gasteiger charge is 2.47. The van der Waals surface area contributed by atoms with Gasteiger partial charge in [0.25, 0.3) is 0 Å². The summed E-state index contributed by atoms with van der Waals surface area (Å²) in [6, 6.07) is 13.7. The fourth-order valence-corrected chi connectivity index (χ4v) is 6.23. The Balaban J connectivity index is 1.14. The first-order chi connectivity index (χ1) is 19.5. The SMILES string of the molecule is C#Cc1ccc(C(C)N2C3CC2CN(c2ccc(-c4cc(-c5cnn(C)c5)cn5ncc(C#N)c45)cn2)C3)nc1. The Morgan fingerprint density at radius 2 is 1.80 bits per heavy atom. The first kappa shape index (κ1) is 24.1. The molecule has 3 fully saturated rings. The zero-order valence-electron chi connectivity index (χ0n) is 22.3. The highest BCUT2D eigenvalue weighted by atomic mass is 15.4. The van der Waals surface area contributed by atoms with Crippen LogP contribution in [0.4, 0.5) is 5.82 Å².